The Labute approximate surface area is 101 Å². The van der Waals surface area contributed by atoms with Crippen molar-refractivity contribution in [3.8, 4) is 0 Å². The number of rotatable bonds is 3. The summed E-state index contributed by atoms with van der Waals surface area (Å²) in [5, 5.41) is 0. The molecule has 1 aromatic heterocycles. The number of hydrogen-bond acceptors (Lipinski definition) is 3. The van der Waals surface area contributed by atoms with E-state index in [4.69, 9.17) is 0 Å². The Morgan fingerprint density at radius 1 is 1.29 bits per heavy atom. The van der Waals surface area contributed by atoms with Crippen molar-refractivity contribution in [2.24, 2.45) is 0 Å². The normalized spacial score (nSPS) is 11.1. The Balaban J connectivity index is 2.41. The second-order valence-electron chi connectivity index (χ2n) is 3.42. The third-order valence-electron chi connectivity index (χ3n) is 2.35. The van der Waals surface area contributed by atoms with Crippen molar-refractivity contribution in [2.45, 2.75) is 4.90 Å². The molecule has 0 saturated heterocycles. The van der Waals surface area contributed by atoms with E-state index in [1.54, 1.807) is 30.3 Å². The van der Waals surface area contributed by atoms with E-state index in [2.05, 4.69) is 11.1 Å². The summed E-state index contributed by atoms with van der Waals surface area (Å²) in [5.41, 5.74) is 0.566. The van der Waals surface area contributed by atoms with E-state index < -0.39 is 10.0 Å². The fourth-order valence-corrected chi connectivity index (χ4v) is 2.53. The molecule has 0 aliphatic carbocycles. The second-order valence-corrected chi connectivity index (χ2v) is 5.39. The minimum Gasteiger partial charge on any atom is -0.269 e. The number of hydrogen-bond donors (Lipinski definition) is 0. The summed E-state index contributed by atoms with van der Waals surface area (Å²) in [4.78, 5) is 3.99. The molecule has 0 spiro atoms. The van der Waals surface area contributed by atoms with Gasteiger partial charge in [0.05, 0.1) is 5.69 Å². The topological polar surface area (TPSA) is 50.3 Å². The third-order valence-corrected chi connectivity index (χ3v) is 4.12. The first-order chi connectivity index (χ1) is 8.12. The highest BCUT2D eigenvalue weighted by atomic mass is 32.2. The lowest BCUT2D eigenvalue weighted by atomic mass is 10.3. The highest BCUT2D eigenvalue weighted by molar-refractivity contribution is 7.92. The molecule has 0 bridgehead atoms. The van der Waals surface area contributed by atoms with Crippen LogP contribution in [0.5, 0.6) is 0 Å². The molecule has 17 heavy (non-hydrogen) atoms. The molecule has 2 aromatic rings. The van der Waals surface area contributed by atoms with Crippen LogP contribution < -0.4 is 4.31 Å². The Bertz CT molecular complexity index is 582. The predicted molar refractivity (Wildman–Crippen MR) is 65.1 cm³/mol. The van der Waals surface area contributed by atoms with Gasteiger partial charge in [-0.3, -0.25) is 9.29 Å². The molecular weight excluding hydrogens is 236 g/mol. The van der Waals surface area contributed by atoms with E-state index >= 15 is 0 Å². The van der Waals surface area contributed by atoms with E-state index in [9.17, 15) is 8.42 Å². The zero-order valence-corrected chi connectivity index (χ0v) is 10.1. The zero-order chi connectivity index (χ0) is 12.3. The van der Waals surface area contributed by atoms with E-state index in [1.165, 1.54) is 29.8 Å². The van der Waals surface area contributed by atoms with Gasteiger partial charge in [0.2, 0.25) is 0 Å². The number of sulfonamides is 1. The number of nitrogens with zero attached hydrogens (tertiary/aromatic N) is 2. The number of pyridine rings is 1. The minimum absolute atomic E-state index is 0.173. The molecule has 1 radical (unpaired) electrons. The van der Waals surface area contributed by atoms with Crippen LogP contribution in [0.4, 0.5) is 5.69 Å². The summed E-state index contributed by atoms with van der Waals surface area (Å²) >= 11 is 0. The molecule has 0 unspecified atom stereocenters. The largest absolute Gasteiger partial charge is 0.269 e. The van der Waals surface area contributed by atoms with Gasteiger partial charge in [-0.15, -0.1) is 0 Å². The highest BCUT2D eigenvalue weighted by Gasteiger charge is 2.20. The SMILES string of the molecule is CN(c1c[c]ccc1)S(=O)(=O)c1cccnc1. The Hall–Kier alpha value is -1.88. The van der Waals surface area contributed by atoms with Gasteiger partial charge in [0.25, 0.3) is 10.0 Å². The third kappa shape index (κ3) is 2.29. The van der Waals surface area contributed by atoms with Crippen LogP contribution in [0.1, 0.15) is 0 Å². The molecule has 0 saturated carbocycles. The van der Waals surface area contributed by atoms with Crippen LogP contribution >= 0.6 is 0 Å². The summed E-state index contributed by atoms with van der Waals surface area (Å²) in [6, 6.07) is 12.7. The molecule has 0 atom stereocenters. The lowest BCUT2D eigenvalue weighted by Crippen LogP contribution is -2.26. The smallest absolute Gasteiger partial charge is 0.265 e. The number of benzene rings is 1. The van der Waals surface area contributed by atoms with Crippen LogP contribution in [0.3, 0.4) is 0 Å². The van der Waals surface area contributed by atoms with Crippen LogP contribution in [-0.4, -0.2) is 20.4 Å². The van der Waals surface area contributed by atoms with Crippen LogP contribution in [0.2, 0.25) is 0 Å². The van der Waals surface area contributed by atoms with Gasteiger partial charge >= 0.3 is 0 Å². The maximum absolute atomic E-state index is 12.2. The summed E-state index contributed by atoms with van der Waals surface area (Å²) in [5.74, 6) is 0. The molecule has 4 nitrogen and oxygen atoms in total. The first-order valence-electron chi connectivity index (χ1n) is 4.97. The Morgan fingerprint density at radius 3 is 2.71 bits per heavy atom. The fraction of sp³-hybridized carbons (Fsp3) is 0.0833. The lowest BCUT2D eigenvalue weighted by molar-refractivity contribution is 0.594. The molecule has 2 rings (SSSR count). The average Bonchev–Trinajstić information content (AvgIpc) is 2.40. The fourth-order valence-electron chi connectivity index (χ4n) is 1.38. The van der Waals surface area contributed by atoms with E-state index in [1.807, 2.05) is 0 Å². The molecule has 0 fully saturated rings. The molecule has 0 N–H and O–H groups in total. The molecular formula is C12H11N2O2S. The van der Waals surface area contributed by atoms with Gasteiger partial charge in [-0.05, 0) is 30.3 Å². The van der Waals surface area contributed by atoms with Gasteiger partial charge in [0.1, 0.15) is 4.90 Å². The molecule has 5 heteroatoms. The van der Waals surface area contributed by atoms with Crippen molar-refractivity contribution in [1.82, 2.24) is 4.98 Å². The monoisotopic (exact) mass is 247 g/mol. The van der Waals surface area contributed by atoms with Gasteiger partial charge in [-0.2, -0.15) is 0 Å². The average molecular weight is 247 g/mol. The van der Waals surface area contributed by atoms with E-state index in [0.29, 0.717) is 5.69 Å². The van der Waals surface area contributed by atoms with Gasteiger partial charge in [0, 0.05) is 19.4 Å². The van der Waals surface area contributed by atoms with Gasteiger partial charge in [-0.25, -0.2) is 8.42 Å². The quantitative estimate of drug-likeness (QED) is 0.829. The summed E-state index contributed by atoms with van der Waals surface area (Å²) in [6.07, 6.45) is 2.87. The summed E-state index contributed by atoms with van der Waals surface area (Å²) in [7, 11) is -2.04. The Morgan fingerprint density at radius 2 is 2.12 bits per heavy atom. The van der Waals surface area contributed by atoms with Crippen molar-refractivity contribution >= 4 is 15.7 Å². The van der Waals surface area contributed by atoms with Crippen molar-refractivity contribution < 1.29 is 8.42 Å². The maximum Gasteiger partial charge on any atom is 0.265 e. The van der Waals surface area contributed by atoms with Crippen molar-refractivity contribution in [3.05, 3.63) is 54.9 Å². The first-order valence-corrected chi connectivity index (χ1v) is 6.41. The molecule has 87 valence electrons. The summed E-state index contributed by atoms with van der Waals surface area (Å²) < 4.78 is 25.6. The number of anilines is 1. The van der Waals surface area contributed by atoms with E-state index in [0.717, 1.165) is 0 Å². The standard InChI is InChI=1S/C12H11N2O2S/c1-14(11-6-3-2-4-7-11)17(15,16)12-8-5-9-13-10-12/h2-3,5-10H,1H3. The van der Waals surface area contributed by atoms with Crippen molar-refractivity contribution in [1.29, 1.82) is 0 Å². The lowest BCUT2D eigenvalue weighted by Gasteiger charge is -2.18. The predicted octanol–water partition coefficient (Wildman–Crippen LogP) is 1.71. The van der Waals surface area contributed by atoms with Crippen LogP contribution in [0, 0.1) is 6.07 Å². The first kappa shape index (κ1) is 11.6. The van der Waals surface area contributed by atoms with Gasteiger partial charge in [0.15, 0.2) is 0 Å². The zero-order valence-electron chi connectivity index (χ0n) is 9.24. The van der Waals surface area contributed by atoms with Crippen LogP contribution in [-0.2, 0) is 10.0 Å². The maximum atomic E-state index is 12.2. The highest BCUT2D eigenvalue weighted by Crippen LogP contribution is 2.20. The minimum atomic E-state index is -3.54. The van der Waals surface area contributed by atoms with Crippen LogP contribution in [0.25, 0.3) is 0 Å². The van der Waals surface area contributed by atoms with Gasteiger partial charge in [-0.1, -0.05) is 12.1 Å². The second kappa shape index (κ2) is 4.55. The van der Waals surface area contributed by atoms with E-state index in [-0.39, 0.29) is 4.90 Å². The molecule has 0 amide bonds. The van der Waals surface area contributed by atoms with Gasteiger partial charge < -0.3 is 0 Å². The molecule has 0 aliphatic heterocycles. The van der Waals surface area contributed by atoms with Crippen LogP contribution in [0.15, 0.2) is 53.7 Å². The molecule has 0 aliphatic rings. The van der Waals surface area contributed by atoms with Crippen molar-refractivity contribution in [3.63, 3.8) is 0 Å². The molecule has 1 heterocycles. The Kier molecular flexibility index (Phi) is 3.10. The number of aromatic nitrogens is 1. The molecule has 1 aromatic carbocycles. The summed E-state index contributed by atoms with van der Waals surface area (Å²) in [6.45, 7) is 0. The van der Waals surface area contributed by atoms with Crippen molar-refractivity contribution in [2.75, 3.05) is 11.4 Å².